The number of unbranched alkanes of at least 4 members (excludes halogenated alkanes) is 6. The molecule has 11 N–H and O–H groups in total. The van der Waals surface area contributed by atoms with Crippen molar-refractivity contribution in [3.63, 3.8) is 0 Å². The Kier molecular flexibility index (Phi) is 23.9. The van der Waals surface area contributed by atoms with Crippen molar-refractivity contribution in [2.45, 2.75) is 135 Å². The molecular weight excluding hydrogens is 955 g/mol. The second kappa shape index (κ2) is 27.4. The summed E-state index contributed by atoms with van der Waals surface area (Å²) in [6.07, 6.45) is 6.98. The van der Waals surface area contributed by atoms with Crippen LogP contribution in [0.25, 0.3) is 11.2 Å². The molecule has 0 spiro atoms. The maximum Gasteiger partial charge on any atom is 0.481 e. The number of carbonyl (C=O) groups excluding carboxylic acids is 3. The molecule has 1 aliphatic rings. The number of carbonyl (C=O) groups is 3. The zero-order chi connectivity index (χ0) is 49.1. The van der Waals surface area contributed by atoms with Gasteiger partial charge in [-0.2, -0.15) is 4.31 Å². The van der Waals surface area contributed by atoms with Crippen molar-refractivity contribution in [1.29, 1.82) is 0 Å². The number of thioether (sulfide) groups is 1. The van der Waals surface area contributed by atoms with Gasteiger partial charge < -0.3 is 56.0 Å². The molecule has 8 unspecified atom stereocenters. The summed E-state index contributed by atoms with van der Waals surface area (Å²) in [6, 6.07) is 0. The molecule has 0 radical (unpaired) electrons. The monoisotopic (exact) mass is 1020 g/mol. The van der Waals surface area contributed by atoms with E-state index in [4.69, 9.17) is 19.5 Å². The van der Waals surface area contributed by atoms with Gasteiger partial charge in [0.2, 0.25) is 11.8 Å². The van der Waals surface area contributed by atoms with Gasteiger partial charge in [0.25, 0.3) is 0 Å². The molecule has 2 aromatic rings. The number of aliphatic hydroxyl groups is 3. The van der Waals surface area contributed by atoms with Gasteiger partial charge in [-0.3, -0.25) is 32.5 Å². The molecule has 2 aromatic heterocycles. The van der Waals surface area contributed by atoms with Gasteiger partial charge in [-0.15, -0.1) is 0 Å². The number of nitrogens with zero attached hydrogens (tertiary/aromatic N) is 4. The van der Waals surface area contributed by atoms with Crippen LogP contribution in [0.15, 0.2) is 24.8 Å². The fraction of sp³-hybridized carbons (Fsp3) is 0.730. The molecule has 376 valence electrons. The van der Waals surface area contributed by atoms with Crippen molar-refractivity contribution in [2.75, 3.05) is 37.8 Å². The van der Waals surface area contributed by atoms with E-state index in [2.05, 4.69) is 41.3 Å². The number of phosphoric ester groups is 3. The lowest BCUT2D eigenvalue weighted by Crippen LogP contribution is -2.46. The van der Waals surface area contributed by atoms with Crippen molar-refractivity contribution in [3.05, 3.63) is 24.8 Å². The Labute approximate surface area is 386 Å². The Balaban J connectivity index is 1.34. The van der Waals surface area contributed by atoms with Crippen LogP contribution >= 0.6 is 35.2 Å². The zero-order valence-corrected chi connectivity index (χ0v) is 40.5. The largest absolute Gasteiger partial charge is 0.481 e. The van der Waals surface area contributed by atoms with Crippen LogP contribution in [0.2, 0.25) is 0 Å². The van der Waals surface area contributed by atoms with E-state index in [1.165, 1.54) is 33.1 Å². The summed E-state index contributed by atoms with van der Waals surface area (Å²) < 4.78 is 62.4. The Hall–Kier alpha value is -2.74. The number of aromatic nitrogens is 4. The first-order chi connectivity index (χ1) is 30.9. The Morgan fingerprint density at radius 2 is 1.64 bits per heavy atom. The van der Waals surface area contributed by atoms with Gasteiger partial charge in [0.05, 0.1) is 25.6 Å². The number of fused-ring (bicyclic) bond motifs is 1. The third-order valence-electron chi connectivity index (χ3n) is 10.0. The van der Waals surface area contributed by atoms with Crippen molar-refractivity contribution in [2.24, 2.45) is 5.41 Å². The number of anilines is 1. The van der Waals surface area contributed by atoms with E-state index < -0.39 is 84.6 Å². The number of amides is 2. The van der Waals surface area contributed by atoms with Crippen LogP contribution < -0.4 is 16.4 Å². The molecule has 1 fully saturated rings. The van der Waals surface area contributed by atoms with Gasteiger partial charge in [0.15, 0.2) is 22.8 Å². The number of nitrogens with two attached hydrogens (primary N) is 1. The molecule has 2 amide bonds. The summed E-state index contributed by atoms with van der Waals surface area (Å²) in [5.41, 5.74) is 4.26. The quantitative estimate of drug-likeness (QED) is 0.0286. The molecule has 1 saturated heterocycles. The molecular formula is C37H64N7O18P3S. The predicted octanol–water partition coefficient (Wildman–Crippen LogP) is 2.89. The van der Waals surface area contributed by atoms with E-state index in [0.717, 1.165) is 73.9 Å². The van der Waals surface area contributed by atoms with Crippen molar-refractivity contribution >= 4 is 69.1 Å². The van der Waals surface area contributed by atoms with E-state index in [1.807, 2.05) is 12.2 Å². The van der Waals surface area contributed by atoms with Crippen molar-refractivity contribution in [3.8, 4) is 0 Å². The highest BCUT2D eigenvalue weighted by Crippen LogP contribution is 2.61. The summed E-state index contributed by atoms with van der Waals surface area (Å²) in [7, 11) is -16.4. The number of hydrogen-bond donors (Lipinski definition) is 10. The van der Waals surface area contributed by atoms with E-state index >= 15 is 0 Å². The first-order valence-electron chi connectivity index (χ1n) is 21.3. The summed E-state index contributed by atoms with van der Waals surface area (Å²) in [4.78, 5) is 88.2. The number of aliphatic hydroxyl groups excluding tert-OH is 3. The maximum atomic E-state index is 12.7. The minimum Gasteiger partial charge on any atom is -0.393 e. The molecule has 1 aliphatic heterocycles. The van der Waals surface area contributed by atoms with E-state index in [-0.39, 0.29) is 54.1 Å². The Morgan fingerprint density at radius 3 is 2.33 bits per heavy atom. The third kappa shape index (κ3) is 20.5. The number of allylic oxidation sites excluding steroid dienone is 2. The second-order valence-corrected chi connectivity index (χ2v) is 21.5. The number of imidazole rings is 1. The lowest BCUT2D eigenvalue weighted by Gasteiger charge is -2.30. The van der Waals surface area contributed by atoms with Gasteiger partial charge >= 0.3 is 23.5 Å². The molecule has 0 aliphatic carbocycles. The molecule has 66 heavy (non-hydrogen) atoms. The highest BCUT2D eigenvalue weighted by Gasteiger charge is 2.50. The minimum atomic E-state index is -5.58. The molecule has 8 atom stereocenters. The van der Waals surface area contributed by atoms with Crippen LogP contribution in [-0.4, -0.2) is 134 Å². The highest BCUT2D eigenvalue weighted by atomic mass is 32.2. The lowest BCUT2D eigenvalue weighted by molar-refractivity contribution is -0.137. The van der Waals surface area contributed by atoms with Crippen LogP contribution in [0.1, 0.15) is 104 Å². The van der Waals surface area contributed by atoms with Crippen LogP contribution in [0.5, 0.6) is 0 Å². The number of hydrogen-bond acceptors (Lipinski definition) is 19. The molecule has 0 aromatic carbocycles. The first-order valence-corrected chi connectivity index (χ1v) is 26.8. The van der Waals surface area contributed by atoms with E-state index in [9.17, 15) is 63.0 Å². The standard InChI is InChI=1S/C37H64N7O18P3S/c1-4-5-6-8-11-14-25(45)15-12-9-7-10-13-16-28(47)66-20-19-39-27(46)17-18-40-35(50)32(49)37(2,3)22-59-65(56,57)62-64(54,55)58-21-26-31(61-63(51,52)53)30(48)36(60-26)44-24-43-29-33(38)41-23-42-34(29)44/h10,13,23-26,30-32,36,45,48-49H,4-9,11-12,14-22H2,1-3H3,(H,39,46)(H,40,50)(H,54,55)(H,56,57)(H2,38,41,42)(H2,51,52,53)/b13-10+. The summed E-state index contributed by atoms with van der Waals surface area (Å²) in [5, 5.41) is 36.6. The van der Waals surface area contributed by atoms with Crippen LogP contribution in [0.4, 0.5) is 5.82 Å². The normalized spacial score (nSPS) is 20.8. The summed E-state index contributed by atoms with van der Waals surface area (Å²) in [5.74, 6) is -1.14. The average Bonchev–Trinajstić information content (AvgIpc) is 3.80. The Bertz CT molecular complexity index is 2040. The van der Waals surface area contributed by atoms with Crippen LogP contribution in [0.3, 0.4) is 0 Å². The van der Waals surface area contributed by atoms with Crippen molar-refractivity contribution in [1.82, 2.24) is 30.2 Å². The third-order valence-corrected chi connectivity index (χ3v) is 14.0. The lowest BCUT2D eigenvalue weighted by atomic mass is 9.87. The molecule has 29 heteroatoms. The molecule has 3 rings (SSSR count). The van der Waals surface area contributed by atoms with Crippen molar-refractivity contribution < 1.29 is 85.6 Å². The smallest absolute Gasteiger partial charge is 0.393 e. The molecule has 0 saturated carbocycles. The average molecular weight is 1020 g/mol. The maximum absolute atomic E-state index is 12.7. The fourth-order valence-corrected chi connectivity index (χ4v) is 9.90. The SMILES string of the molecule is CCCCCCCC(O)CCCC/C=C/CC(=O)SCCNC(=O)CCNC(=O)C(O)C(C)(C)COP(=O)(O)OP(=O)(O)OCC1OC(n2cnc3c(N)ncnc32)C(O)C1OP(=O)(O)O. The zero-order valence-electron chi connectivity index (χ0n) is 37.0. The second-order valence-electron chi connectivity index (χ2n) is 16.1. The topological polar surface area (TPSA) is 384 Å². The van der Waals surface area contributed by atoms with Gasteiger partial charge in [-0.05, 0) is 25.7 Å². The highest BCUT2D eigenvalue weighted by molar-refractivity contribution is 8.13. The summed E-state index contributed by atoms with van der Waals surface area (Å²) in [6.45, 7) is 2.64. The fourth-order valence-electron chi connectivity index (χ4n) is 6.42. The molecule has 3 heterocycles. The van der Waals surface area contributed by atoms with Crippen LogP contribution in [-0.2, 0) is 50.7 Å². The van der Waals surface area contributed by atoms with Gasteiger partial charge in [0, 0.05) is 37.1 Å². The Morgan fingerprint density at radius 1 is 0.955 bits per heavy atom. The number of phosphoric acid groups is 3. The first kappa shape index (κ1) is 57.6. The number of nitrogens with one attached hydrogen (secondary N) is 2. The van der Waals surface area contributed by atoms with Gasteiger partial charge in [-0.1, -0.05) is 83.2 Å². The van der Waals surface area contributed by atoms with E-state index in [0.29, 0.717) is 5.75 Å². The molecule has 0 bridgehead atoms. The van der Waals surface area contributed by atoms with E-state index in [1.54, 1.807) is 0 Å². The minimum absolute atomic E-state index is 0.0285. The number of rotatable bonds is 32. The number of nitrogen functional groups attached to an aromatic ring is 1. The van der Waals surface area contributed by atoms with Gasteiger partial charge in [0.1, 0.15) is 36.3 Å². The predicted molar refractivity (Wildman–Crippen MR) is 239 cm³/mol. The molecule has 25 nitrogen and oxygen atoms in total. The van der Waals surface area contributed by atoms with Gasteiger partial charge in [-0.25, -0.2) is 28.6 Å². The van der Waals surface area contributed by atoms with Crippen LogP contribution in [0, 0.1) is 5.41 Å². The summed E-state index contributed by atoms with van der Waals surface area (Å²) >= 11 is 1.07. The number of ether oxygens (including phenoxy) is 1.